The van der Waals surface area contributed by atoms with Crippen molar-refractivity contribution < 1.29 is 29.3 Å². The minimum Gasteiger partial charge on any atom is -0.469 e. The molecule has 0 unspecified atom stereocenters. The van der Waals surface area contributed by atoms with Crippen LogP contribution in [0.15, 0.2) is 0 Å². The van der Waals surface area contributed by atoms with Gasteiger partial charge in [-0.15, -0.1) is 0 Å². The third-order valence-corrected chi connectivity index (χ3v) is 1.57. The Morgan fingerprint density at radius 2 is 1.19 bits per heavy atom. The molecule has 0 fully saturated rings. The van der Waals surface area contributed by atoms with E-state index in [0.717, 1.165) is 0 Å². The van der Waals surface area contributed by atoms with Crippen LogP contribution in [0.25, 0.3) is 0 Å². The van der Waals surface area contributed by atoms with Crippen LogP contribution in [0.1, 0.15) is 25.7 Å². The van der Waals surface area contributed by atoms with Crippen molar-refractivity contribution in [2.24, 2.45) is 0 Å². The monoisotopic (exact) mass is 236 g/mol. The average molecular weight is 236 g/mol. The molecule has 0 spiro atoms. The van der Waals surface area contributed by atoms with Gasteiger partial charge in [0.1, 0.15) is 0 Å². The molecule has 0 aliphatic carbocycles. The summed E-state index contributed by atoms with van der Waals surface area (Å²) in [6.45, 7) is -0.250. The molecule has 0 heterocycles. The molecule has 96 valence electrons. The third-order valence-electron chi connectivity index (χ3n) is 1.57. The van der Waals surface area contributed by atoms with Gasteiger partial charge >= 0.3 is 11.9 Å². The molecule has 0 aliphatic heterocycles. The SMILES string of the molecule is COC(=O)CCCCC(=O)OC.OCCO. The van der Waals surface area contributed by atoms with Crippen LogP contribution in [0.5, 0.6) is 0 Å². The number of carbonyl (C=O) groups is 2. The number of aliphatic hydroxyl groups excluding tert-OH is 2. The maximum absolute atomic E-state index is 10.6. The van der Waals surface area contributed by atoms with E-state index >= 15 is 0 Å². The topological polar surface area (TPSA) is 93.1 Å². The molecule has 0 saturated heterocycles. The normalized spacial score (nSPS) is 8.75. The van der Waals surface area contributed by atoms with Gasteiger partial charge < -0.3 is 19.7 Å². The quantitative estimate of drug-likeness (QED) is 0.492. The van der Waals surface area contributed by atoms with Crippen LogP contribution in [-0.2, 0) is 19.1 Å². The van der Waals surface area contributed by atoms with E-state index in [-0.39, 0.29) is 25.2 Å². The molecule has 6 heteroatoms. The molecule has 0 aliphatic rings. The smallest absolute Gasteiger partial charge is 0.305 e. The molecule has 0 aromatic rings. The third kappa shape index (κ3) is 15.3. The lowest BCUT2D eigenvalue weighted by Crippen LogP contribution is -2.02. The number of esters is 2. The van der Waals surface area contributed by atoms with Crippen molar-refractivity contribution in [1.29, 1.82) is 0 Å². The first-order valence-electron chi connectivity index (χ1n) is 4.97. The Hall–Kier alpha value is -1.14. The van der Waals surface area contributed by atoms with Gasteiger partial charge in [0.2, 0.25) is 0 Å². The fourth-order valence-electron chi connectivity index (χ4n) is 0.743. The summed E-state index contributed by atoms with van der Waals surface area (Å²) in [7, 11) is 2.70. The second-order valence-corrected chi connectivity index (χ2v) is 2.81. The van der Waals surface area contributed by atoms with Gasteiger partial charge in [-0.2, -0.15) is 0 Å². The number of methoxy groups -OCH3 is 2. The van der Waals surface area contributed by atoms with Gasteiger partial charge in [-0.3, -0.25) is 9.59 Å². The molecule has 0 aromatic heterocycles. The Morgan fingerprint density at radius 3 is 1.38 bits per heavy atom. The van der Waals surface area contributed by atoms with E-state index in [0.29, 0.717) is 25.7 Å². The molecule has 0 saturated carbocycles. The van der Waals surface area contributed by atoms with E-state index in [2.05, 4.69) is 9.47 Å². The van der Waals surface area contributed by atoms with E-state index in [1.54, 1.807) is 0 Å². The van der Waals surface area contributed by atoms with Crippen LogP contribution in [0, 0.1) is 0 Å². The van der Waals surface area contributed by atoms with Crippen LogP contribution in [0.3, 0.4) is 0 Å². The van der Waals surface area contributed by atoms with Crippen molar-refractivity contribution in [3.63, 3.8) is 0 Å². The maximum Gasteiger partial charge on any atom is 0.305 e. The Kier molecular flexibility index (Phi) is 15.0. The first-order valence-corrected chi connectivity index (χ1v) is 4.97. The molecule has 0 atom stereocenters. The number of hydrogen-bond donors (Lipinski definition) is 2. The van der Waals surface area contributed by atoms with Crippen LogP contribution >= 0.6 is 0 Å². The second-order valence-electron chi connectivity index (χ2n) is 2.81. The number of rotatable bonds is 6. The van der Waals surface area contributed by atoms with Crippen molar-refractivity contribution in [2.75, 3.05) is 27.4 Å². The minimum absolute atomic E-state index is 0.125. The zero-order chi connectivity index (χ0) is 12.8. The largest absolute Gasteiger partial charge is 0.469 e. The van der Waals surface area contributed by atoms with Crippen molar-refractivity contribution in [3.05, 3.63) is 0 Å². The molecule has 0 radical (unpaired) electrons. The molecule has 2 N–H and O–H groups in total. The maximum atomic E-state index is 10.6. The predicted octanol–water partition coefficient (Wildman–Crippen LogP) is -0.136. The van der Waals surface area contributed by atoms with E-state index in [1.807, 2.05) is 0 Å². The van der Waals surface area contributed by atoms with Crippen molar-refractivity contribution >= 4 is 11.9 Å². The van der Waals surface area contributed by atoms with Gasteiger partial charge in [0.05, 0.1) is 27.4 Å². The lowest BCUT2D eigenvalue weighted by atomic mass is 10.2. The summed E-state index contributed by atoms with van der Waals surface area (Å²) in [6, 6.07) is 0. The van der Waals surface area contributed by atoms with Crippen LogP contribution in [0.2, 0.25) is 0 Å². The summed E-state index contributed by atoms with van der Waals surface area (Å²) in [6.07, 6.45) is 2.07. The number of unbranched alkanes of at least 4 members (excludes halogenated alkanes) is 1. The van der Waals surface area contributed by atoms with E-state index in [4.69, 9.17) is 10.2 Å². The number of hydrogen-bond acceptors (Lipinski definition) is 6. The molecular weight excluding hydrogens is 216 g/mol. The molecule has 0 rings (SSSR count). The summed E-state index contributed by atoms with van der Waals surface area (Å²) >= 11 is 0. The highest BCUT2D eigenvalue weighted by Crippen LogP contribution is 2.01. The molecule has 16 heavy (non-hydrogen) atoms. The van der Waals surface area contributed by atoms with Crippen LogP contribution in [-0.4, -0.2) is 49.6 Å². The lowest BCUT2D eigenvalue weighted by molar-refractivity contribution is -0.142. The highest BCUT2D eigenvalue weighted by molar-refractivity contribution is 5.70. The molecule has 0 bridgehead atoms. The van der Waals surface area contributed by atoms with Crippen molar-refractivity contribution in [3.8, 4) is 0 Å². The first-order chi connectivity index (χ1) is 7.62. The summed E-state index contributed by atoms with van der Waals surface area (Å²) in [5, 5.41) is 15.2. The Bertz CT molecular complexity index is 160. The lowest BCUT2D eigenvalue weighted by Gasteiger charge is -1.98. The number of aliphatic hydroxyl groups is 2. The van der Waals surface area contributed by atoms with E-state index < -0.39 is 0 Å². The second kappa shape index (κ2) is 13.9. The standard InChI is InChI=1S/C8H14O4.C2H6O2/c1-11-7(9)5-3-4-6-8(10)12-2;3-1-2-4/h3-6H2,1-2H3;3-4H,1-2H2. The molecule has 0 aromatic carbocycles. The predicted molar refractivity (Wildman–Crippen MR) is 56.7 cm³/mol. The Morgan fingerprint density at radius 1 is 0.875 bits per heavy atom. The zero-order valence-electron chi connectivity index (χ0n) is 9.77. The number of carbonyl (C=O) groups excluding carboxylic acids is 2. The Labute approximate surface area is 95.2 Å². The van der Waals surface area contributed by atoms with E-state index in [1.165, 1.54) is 14.2 Å². The molecular formula is C10H20O6. The van der Waals surface area contributed by atoms with Gasteiger partial charge in [0.25, 0.3) is 0 Å². The minimum atomic E-state index is -0.236. The summed E-state index contributed by atoms with van der Waals surface area (Å²) < 4.78 is 8.86. The van der Waals surface area contributed by atoms with Gasteiger partial charge in [0, 0.05) is 12.8 Å². The summed E-state index contributed by atoms with van der Waals surface area (Å²) in [5.41, 5.74) is 0. The first kappa shape index (κ1) is 17.3. The van der Waals surface area contributed by atoms with Gasteiger partial charge in [0.15, 0.2) is 0 Å². The highest BCUT2D eigenvalue weighted by atomic mass is 16.5. The number of ether oxygens (including phenoxy) is 2. The molecule has 0 amide bonds. The van der Waals surface area contributed by atoms with Gasteiger partial charge in [-0.1, -0.05) is 0 Å². The average Bonchev–Trinajstić information content (AvgIpc) is 2.34. The highest BCUT2D eigenvalue weighted by Gasteiger charge is 2.02. The van der Waals surface area contributed by atoms with Crippen molar-refractivity contribution in [1.82, 2.24) is 0 Å². The van der Waals surface area contributed by atoms with E-state index in [9.17, 15) is 9.59 Å². The van der Waals surface area contributed by atoms with Gasteiger partial charge in [-0.25, -0.2) is 0 Å². The zero-order valence-corrected chi connectivity index (χ0v) is 9.77. The fourth-order valence-corrected chi connectivity index (χ4v) is 0.743. The fraction of sp³-hybridized carbons (Fsp3) is 0.800. The summed E-state index contributed by atoms with van der Waals surface area (Å²) in [4.78, 5) is 21.2. The van der Waals surface area contributed by atoms with Crippen LogP contribution < -0.4 is 0 Å². The van der Waals surface area contributed by atoms with Gasteiger partial charge in [-0.05, 0) is 12.8 Å². The van der Waals surface area contributed by atoms with Crippen LogP contribution in [0.4, 0.5) is 0 Å². The van der Waals surface area contributed by atoms with Crippen molar-refractivity contribution in [2.45, 2.75) is 25.7 Å². The molecule has 6 nitrogen and oxygen atoms in total. The Balaban J connectivity index is 0. The summed E-state index contributed by atoms with van der Waals surface area (Å²) in [5.74, 6) is -0.472.